The molecule has 0 atom stereocenters. The van der Waals surface area contributed by atoms with Gasteiger partial charge >= 0.3 is 5.76 Å². The highest BCUT2D eigenvalue weighted by Crippen LogP contribution is 2.14. The first-order valence-electron chi connectivity index (χ1n) is 10.2. The van der Waals surface area contributed by atoms with E-state index >= 15 is 0 Å². The zero-order valence-electron chi connectivity index (χ0n) is 17.9. The van der Waals surface area contributed by atoms with Crippen molar-refractivity contribution in [1.82, 2.24) is 39.8 Å². The van der Waals surface area contributed by atoms with Crippen molar-refractivity contribution in [3.05, 3.63) is 88.3 Å². The summed E-state index contributed by atoms with van der Waals surface area (Å²) in [5.74, 6) is -1.37. The third-order valence-electron chi connectivity index (χ3n) is 5.18. The molecular formula is C22H18N8O4. The molecule has 0 bridgehead atoms. The molecule has 0 saturated heterocycles. The number of hydrogen-bond acceptors (Lipinski definition) is 8. The molecule has 0 spiro atoms. The van der Waals surface area contributed by atoms with Crippen LogP contribution in [0.15, 0.2) is 64.3 Å². The van der Waals surface area contributed by atoms with Crippen molar-refractivity contribution in [3.8, 4) is 0 Å². The highest BCUT2D eigenvalue weighted by molar-refractivity contribution is 5.98. The Morgan fingerprint density at radius 1 is 1.03 bits per heavy atom. The van der Waals surface area contributed by atoms with Crippen molar-refractivity contribution in [2.45, 2.75) is 13.1 Å². The Morgan fingerprint density at radius 3 is 2.71 bits per heavy atom. The van der Waals surface area contributed by atoms with Crippen molar-refractivity contribution in [1.29, 1.82) is 0 Å². The first-order valence-corrected chi connectivity index (χ1v) is 10.2. The number of nitrogens with one attached hydrogen (secondary N) is 2. The third-order valence-corrected chi connectivity index (χ3v) is 5.18. The maximum Gasteiger partial charge on any atom is 0.419 e. The van der Waals surface area contributed by atoms with Gasteiger partial charge in [-0.15, -0.1) is 0 Å². The van der Waals surface area contributed by atoms with Crippen LogP contribution < -0.4 is 16.4 Å². The molecule has 5 rings (SSSR count). The van der Waals surface area contributed by atoms with E-state index in [1.807, 2.05) is 0 Å². The number of aromatic nitrogens is 6. The minimum absolute atomic E-state index is 0.0643. The molecule has 4 aromatic heterocycles. The smallest absolute Gasteiger partial charge is 0.408 e. The van der Waals surface area contributed by atoms with Crippen molar-refractivity contribution in [3.63, 3.8) is 0 Å². The molecule has 5 aromatic rings. The summed E-state index contributed by atoms with van der Waals surface area (Å²) in [4.78, 5) is 49.7. The predicted molar refractivity (Wildman–Crippen MR) is 119 cm³/mol. The van der Waals surface area contributed by atoms with Gasteiger partial charge in [0, 0.05) is 38.1 Å². The van der Waals surface area contributed by atoms with Gasteiger partial charge in [-0.3, -0.25) is 24.1 Å². The maximum atomic E-state index is 12.8. The molecule has 34 heavy (non-hydrogen) atoms. The molecule has 0 fully saturated rings. The number of amides is 2. The standard InChI is InChI=1S/C22H18N8O4/c1-29-16-8-13(2-3-18(16)34-22(29)33)10-25-20(31)15-9-17(30-19(28-15)4-5-27-30)21(32)26-12-14-11-23-6-7-24-14/h2-9,11H,10,12H2,1H3,(H,25,31)(H,26,32). The SMILES string of the molecule is Cn1c(=O)oc2ccc(CNC(=O)c3cc(C(=O)NCc4cnccn4)n4nccc4n3)cc21. The van der Waals surface area contributed by atoms with Crippen LogP contribution in [0.5, 0.6) is 0 Å². The molecule has 0 aliphatic rings. The van der Waals surface area contributed by atoms with Gasteiger partial charge in [0.2, 0.25) is 0 Å². The lowest BCUT2D eigenvalue weighted by molar-refractivity contribution is 0.0942. The monoisotopic (exact) mass is 458 g/mol. The lowest BCUT2D eigenvalue weighted by Crippen LogP contribution is -2.28. The van der Waals surface area contributed by atoms with Crippen molar-refractivity contribution in [2.75, 3.05) is 0 Å². The van der Waals surface area contributed by atoms with Gasteiger partial charge in [0.25, 0.3) is 11.8 Å². The molecule has 4 heterocycles. The quantitative estimate of drug-likeness (QED) is 0.380. The van der Waals surface area contributed by atoms with Gasteiger partial charge < -0.3 is 15.1 Å². The number of benzene rings is 1. The summed E-state index contributed by atoms with van der Waals surface area (Å²) < 4.78 is 7.87. The molecule has 1 aromatic carbocycles. The number of oxazole rings is 1. The van der Waals surface area contributed by atoms with Gasteiger partial charge in [0.1, 0.15) is 11.4 Å². The van der Waals surface area contributed by atoms with Gasteiger partial charge in [-0.25, -0.2) is 14.3 Å². The van der Waals surface area contributed by atoms with E-state index in [4.69, 9.17) is 4.42 Å². The van der Waals surface area contributed by atoms with Gasteiger partial charge in [-0.1, -0.05) is 6.07 Å². The van der Waals surface area contributed by atoms with Gasteiger partial charge in [-0.05, 0) is 17.7 Å². The molecule has 0 radical (unpaired) electrons. The zero-order chi connectivity index (χ0) is 23.7. The second-order valence-corrected chi connectivity index (χ2v) is 7.42. The van der Waals surface area contributed by atoms with Crippen LogP contribution in [0, 0.1) is 0 Å². The number of rotatable bonds is 6. The Morgan fingerprint density at radius 2 is 1.88 bits per heavy atom. The largest absolute Gasteiger partial charge is 0.419 e. The van der Waals surface area contributed by atoms with E-state index in [0.717, 1.165) is 5.56 Å². The molecule has 12 nitrogen and oxygen atoms in total. The number of nitrogens with zero attached hydrogens (tertiary/aromatic N) is 6. The van der Waals surface area contributed by atoms with Crippen LogP contribution in [-0.4, -0.2) is 40.9 Å². The molecule has 170 valence electrons. The number of carbonyl (C=O) groups is 2. The van der Waals surface area contributed by atoms with E-state index in [-0.39, 0.29) is 24.5 Å². The van der Waals surface area contributed by atoms with Crippen LogP contribution in [0.2, 0.25) is 0 Å². The molecular weight excluding hydrogens is 440 g/mol. The first-order chi connectivity index (χ1) is 16.5. The third kappa shape index (κ3) is 3.99. The highest BCUT2D eigenvalue weighted by atomic mass is 16.4. The van der Waals surface area contributed by atoms with Gasteiger partial charge in [-0.2, -0.15) is 5.10 Å². The number of aryl methyl sites for hydroxylation is 1. The van der Waals surface area contributed by atoms with Gasteiger partial charge in [0.15, 0.2) is 11.2 Å². The summed E-state index contributed by atoms with van der Waals surface area (Å²) in [5, 5.41) is 9.66. The molecule has 0 saturated carbocycles. The van der Waals surface area contributed by atoms with Crippen LogP contribution >= 0.6 is 0 Å². The van der Waals surface area contributed by atoms with Crippen molar-refractivity contribution < 1.29 is 14.0 Å². The van der Waals surface area contributed by atoms with Crippen molar-refractivity contribution in [2.24, 2.45) is 7.05 Å². The number of hydrogen-bond donors (Lipinski definition) is 2. The van der Waals surface area contributed by atoms with E-state index in [2.05, 4.69) is 30.7 Å². The fourth-order valence-electron chi connectivity index (χ4n) is 3.43. The minimum Gasteiger partial charge on any atom is -0.408 e. The van der Waals surface area contributed by atoms with Crippen LogP contribution in [-0.2, 0) is 20.1 Å². The van der Waals surface area contributed by atoms with Gasteiger partial charge in [0.05, 0.1) is 30.1 Å². The Labute approximate surface area is 191 Å². The summed E-state index contributed by atoms with van der Waals surface area (Å²) in [6.45, 7) is 0.354. The second-order valence-electron chi connectivity index (χ2n) is 7.42. The van der Waals surface area contributed by atoms with Crippen LogP contribution in [0.4, 0.5) is 0 Å². The topological polar surface area (TPSA) is 149 Å². The van der Waals surface area contributed by atoms with Crippen LogP contribution in [0.25, 0.3) is 16.7 Å². The summed E-state index contributed by atoms with van der Waals surface area (Å²) >= 11 is 0. The molecule has 0 unspecified atom stereocenters. The van der Waals surface area contributed by atoms with Crippen LogP contribution in [0.1, 0.15) is 32.2 Å². The Bertz CT molecular complexity index is 1590. The average Bonchev–Trinajstić information content (AvgIpc) is 3.45. The molecule has 0 aliphatic heterocycles. The number of fused-ring (bicyclic) bond motifs is 2. The average molecular weight is 458 g/mol. The zero-order valence-corrected chi connectivity index (χ0v) is 17.9. The lowest BCUT2D eigenvalue weighted by Gasteiger charge is -2.09. The number of carbonyl (C=O) groups excluding carboxylic acids is 2. The highest BCUT2D eigenvalue weighted by Gasteiger charge is 2.18. The van der Waals surface area contributed by atoms with E-state index in [1.165, 1.54) is 27.5 Å². The first kappa shape index (κ1) is 21.0. The normalized spacial score (nSPS) is 11.1. The molecule has 2 N–H and O–H groups in total. The molecule has 12 heteroatoms. The maximum absolute atomic E-state index is 12.8. The van der Waals surface area contributed by atoms with Crippen LogP contribution in [0.3, 0.4) is 0 Å². The van der Waals surface area contributed by atoms with E-state index in [0.29, 0.717) is 22.4 Å². The Hall–Kier alpha value is -4.87. The molecule has 2 amide bonds. The summed E-state index contributed by atoms with van der Waals surface area (Å²) in [6.07, 6.45) is 6.12. The summed E-state index contributed by atoms with van der Waals surface area (Å²) in [6, 6.07) is 8.17. The van der Waals surface area contributed by atoms with E-state index in [1.54, 1.807) is 43.7 Å². The Balaban J connectivity index is 1.35. The van der Waals surface area contributed by atoms with E-state index in [9.17, 15) is 14.4 Å². The second kappa shape index (κ2) is 8.58. The molecule has 0 aliphatic carbocycles. The van der Waals surface area contributed by atoms with Crippen molar-refractivity contribution >= 4 is 28.6 Å². The fourth-order valence-corrected chi connectivity index (χ4v) is 3.43. The lowest BCUT2D eigenvalue weighted by atomic mass is 10.2. The predicted octanol–water partition coefficient (Wildman–Crippen LogP) is 0.824. The Kier molecular flexibility index (Phi) is 5.30. The minimum atomic E-state index is -0.465. The summed E-state index contributed by atoms with van der Waals surface area (Å²) in [5.41, 5.74) is 3.02. The fraction of sp³-hybridized carbons (Fsp3) is 0.136. The van der Waals surface area contributed by atoms with E-state index < -0.39 is 17.6 Å². The summed E-state index contributed by atoms with van der Waals surface area (Å²) in [7, 11) is 1.61.